The number of nitrogens with zero attached hydrogens (tertiary/aromatic N) is 4. The number of fused-ring (bicyclic) bond motifs is 1. The maximum Gasteiger partial charge on any atom is 0.295 e. The van der Waals surface area contributed by atoms with Crippen LogP contribution >= 0.6 is 0 Å². The number of hydrogen-bond acceptors (Lipinski definition) is 6. The van der Waals surface area contributed by atoms with Crippen LogP contribution in [0, 0.1) is 6.92 Å². The number of H-pyrrole nitrogens is 1. The van der Waals surface area contributed by atoms with Crippen LogP contribution < -0.4 is 9.64 Å². The van der Waals surface area contributed by atoms with Crippen LogP contribution in [0.1, 0.15) is 28.9 Å². The summed E-state index contributed by atoms with van der Waals surface area (Å²) in [5, 5.41) is 0.772. The first kappa shape index (κ1) is 19.9. The fraction of sp³-hybridized carbons (Fsp3) is 0.364. The number of rotatable bonds is 5. The van der Waals surface area contributed by atoms with Gasteiger partial charge in [0.15, 0.2) is 5.82 Å². The molecule has 0 bridgehead atoms. The molecule has 1 amide bonds. The van der Waals surface area contributed by atoms with Crippen molar-refractivity contribution in [3.63, 3.8) is 0 Å². The number of benzene rings is 1. The van der Waals surface area contributed by atoms with Crippen molar-refractivity contribution >= 4 is 28.4 Å². The van der Waals surface area contributed by atoms with Gasteiger partial charge in [-0.15, -0.1) is 0 Å². The predicted octanol–water partition coefficient (Wildman–Crippen LogP) is 2.59. The fourth-order valence-electron chi connectivity index (χ4n) is 3.90. The third-order valence-corrected chi connectivity index (χ3v) is 5.33. The molecule has 0 saturated carbocycles. The number of likely N-dealkylation sites (tertiary alicyclic amines) is 1. The zero-order chi connectivity index (χ0) is 21.3. The summed E-state index contributed by atoms with van der Waals surface area (Å²) in [5.41, 5.74) is 2.00. The van der Waals surface area contributed by atoms with Crippen LogP contribution in [0.4, 0.5) is 5.82 Å². The van der Waals surface area contributed by atoms with Crippen molar-refractivity contribution in [2.75, 3.05) is 32.1 Å². The average molecular weight is 407 g/mol. The van der Waals surface area contributed by atoms with Gasteiger partial charge in [-0.3, -0.25) is 9.59 Å². The van der Waals surface area contributed by atoms with Gasteiger partial charge in [0.25, 0.3) is 17.6 Å². The van der Waals surface area contributed by atoms with Crippen molar-refractivity contribution in [1.29, 1.82) is 0 Å². The summed E-state index contributed by atoms with van der Waals surface area (Å²) in [5.74, 6) is 0.0780. The Morgan fingerprint density at radius 1 is 1.20 bits per heavy atom. The van der Waals surface area contributed by atoms with Crippen molar-refractivity contribution < 1.29 is 14.3 Å². The highest BCUT2D eigenvalue weighted by Gasteiger charge is 2.32. The molecule has 1 aromatic carbocycles. The van der Waals surface area contributed by atoms with Crippen LogP contribution in [0.25, 0.3) is 10.9 Å². The number of anilines is 1. The summed E-state index contributed by atoms with van der Waals surface area (Å²) in [6.45, 7) is 2.70. The Hall–Kier alpha value is -3.42. The van der Waals surface area contributed by atoms with Crippen LogP contribution in [0.15, 0.2) is 36.7 Å². The average Bonchev–Trinajstić information content (AvgIpc) is 3.08. The van der Waals surface area contributed by atoms with Gasteiger partial charge in [0.05, 0.1) is 12.1 Å². The van der Waals surface area contributed by atoms with Crippen molar-refractivity contribution in [3.8, 4) is 5.88 Å². The van der Waals surface area contributed by atoms with Crippen molar-refractivity contribution in [3.05, 3.63) is 47.9 Å². The summed E-state index contributed by atoms with van der Waals surface area (Å²) >= 11 is 0. The molecule has 1 aliphatic rings. The lowest BCUT2D eigenvalue weighted by Gasteiger charge is -2.32. The van der Waals surface area contributed by atoms with Gasteiger partial charge in [0.2, 0.25) is 0 Å². The summed E-state index contributed by atoms with van der Waals surface area (Å²) in [7, 11) is 3.74. The van der Waals surface area contributed by atoms with E-state index in [2.05, 4.69) is 15.0 Å². The Kier molecular flexibility index (Phi) is 5.39. The number of para-hydroxylation sites is 1. The number of amides is 1. The third-order valence-electron chi connectivity index (χ3n) is 5.33. The van der Waals surface area contributed by atoms with Crippen LogP contribution in [-0.2, 0) is 4.79 Å². The number of hydrogen-bond donors (Lipinski definition) is 1. The lowest BCUT2D eigenvalue weighted by molar-refractivity contribution is -0.129. The van der Waals surface area contributed by atoms with E-state index in [0.29, 0.717) is 36.0 Å². The van der Waals surface area contributed by atoms with E-state index in [0.717, 1.165) is 23.7 Å². The highest BCUT2D eigenvalue weighted by molar-refractivity contribution is 6.45. The maximum atomic E-state index is 13.1. The Labute approximate surface area is 174 Å². The normalized spacial score (nSPS) is 16.5. The molecule has 1 atom stereocenters. The van der Waals surface area contributed by atoms with E-state index in [4.69, 9.17) is 4.74 Å². The monoisotopic (exact) mass is 407 g/mol. The van der Waals surface area contributed by atoms with Crippen LogP contribution in [0.3, 0.4) is 0 Å². The number of ketones is 1. The van der Waals surface area contributed by atoms with E-state index in [-0.39, 0.29) is 6.10 Å². The molecule has 2 aromatic heterocycles. The number of aromatic nitrogens is 3. The SMILES string of the molecule is Cc1[nH]c2ccccc2c1C(=O)C(=O)N1CCCC(Oc2nccnc2N(C)C)C1. The number of aromatic amines is 1. The van der Waals surface area contributed by atoms with Gasteiger partial charge in [-0.2, -0.15) is 0 Å². The molecule has 1 N–H and O–H groups in total. The zero-order valence-electron chi connectivity index (χ0n) is 17.4. The highest BCUT2D eigenvalue weighted by atomic mass is 16.5. The first-order valence-electron chi connectivity index (χ1n) is 10.0. The topological polar surface area (TPSA) is 91.4 Å². The number of carbonyl (C=O) groups is 2. The van der Waals surface area contributed by atoms with Crippen molar-refractivity contribution in [2.45, 2.75) is 25.9 Å². The first-order chi connectivity index (χ1) is 14.5. The minimum Gasteiger partial charge on any atom is -0.470 e. The largest absolute Gasteiger partial charge is 0.470 e. The molecule has 1 unspecified atom stereocenters. The number of ether oxygens (including phenoxy) is 1. The Morgan fingerprint density at radius 2 is 1.97 bits per heavy atom. The van der Waals surface area contributed by atoms with E-state index >= 15 is 0 Å². The number of aryl methyl sites for hydroxylation is 1. The molecule has 1 saturated heterocycles. The standard InChI is InChI=1S/C22H25N5O3/c1-14-18(16-8-4-5-9-17(16)25-14)19(28)22(29)27-12-6-7-15(13-27)30-21-20(26(2)3)23-10-11-24-21/h4-5,8-11,15,25H,6-7,12-13H2,1-3H3. The smallest absolute Gasteiger partial charge is 0.295 e. The second-order valence-corrected chi connectivity index (χ2v) is 7.71. The van der Waals surface area contributed by atoms with Crippen LogP contribution in [0.5, 0.6) is 5.88 Å². The fourth-order valence-corrected chi connectivity index (χ4v) is 3.90. The molecular formula is C22H25N5O3. The van der Waals surface area contributed by atoms with Gasteiger partial charge in [0, 0.05) is 49.6 Å². The highest BCUT2D eigenvalue weighted by Crippen LogP contribution is 2.26. The number of Topliss-reactive ketones (excluding diaryl/α,β-unsaturated/α-hetero) is 1. The Morgan fingerprint density at radius 3 is 2.77 bits per heavy atom. The molecule has 4 rings (SSSR count). The molecule has 0 radical (unpaired) electrons. The lowest BCUT2D eigenvalue weighted by Crippen LogP contribution is -2.47. The summed E-state index contributed by atoms with van der Waals surface area (Å²) in [4.78, 5) is 41.3. The van der Waals surface area contributed by atoms with Gasteiger partial charge in [-0.05, 0) is 25.8 Å². The molecule has 3 heterocycles. The molecule has 0 aliphatic carbocycles. The van der Waals surface area contributed by atoms with E-state index in [1.165, 1.54) is 0 Å². The van der Waals surface area contributed by atoms with E-state index < -0.39 is 11.7 Å². The predicted molar refractivity (Wildman–Crippen MR) is 114 cm³/mol. The molecule has 1 fully saturated rings. The molecule has 3 aromatic rings. The molecule has 0 spiro atoms. The van der Waals surface area contributed by atoms with Gasteiger partial charge >= 0.3 is 0 Å². The van der Waals surface area contributed by atoms with Gasteiger partial charge in [-0.25, -0.2) is 9.97 Å². The molecular weight excluding hydrogens is 382 g/mol. The van der Waals surface area contributed by atoms with Gasteiger partial charge in [-0.1, -0.05) is 18.2 Å². The minimum atomic E-state index is -0.497. The quantitative estimate of drug-likeness (QED) is 0.516. The van der Waals surface area contributed by atoms with Crippen molar-refractivity contribution in [1.82, 2.24) is 19.9 Å². The summed E-state index contributed by atoms with van der Waals surface area (Å²) in [6, 6.07) is 7.52. The summed E-state index contributed by atoms with van der Waals surface area (Å²) < 4.78 is 6.07. The Bertz CT molecular complexity index is 1090. The third kappa shape index (κ3) is 3.72. The molecule has 8 nitrogen and oxygen atoms in total. The van der Waals surface area contributed by atoms with E-state index in [9.17, 15) is 9.59 Å². The second kappa shape index (κ2) is 8.14. The molecule has 156 valence electrons. The van der Waals surface area contributed by atoms with Gasteiger partial charge in [0.1, 0.15) is 6.10 Å². The zero-order valence-corrected chi connectivity index (χ0v) is 17.4. The molecule has 8 heteroatoms. The second-order valence-electron chi connectivity index (χ2n) is 7.71. The lowest BCUT2D eigenvalue weighted by atomic mass is 10.0. The van der Waals surface area contributed by atoms with Crippen LogP contribution in [-0.4, -0.2) is 64.8 Å². The van der Waals surface area contributed by atoms with E-state index in [1.54, 1.807) is 17.3 Å². The molecule has 30 heavy (non-hydrogen) atoms. The molecule has 1 aliphatic heterocycles. The van der Waals surface area contributed by atoms with Crippen LogP contribution in [0.2, 0.25) is 0 Å². The number of nitrogens with one attached hydrogen (secondary N) is 1. The number of carbonyl (C=O) groups excluding carboxylic acids is 2. The van der Waals surface area contributed by atoms with E-state index in [1.807, 2.05) is 50.2 Å². The summed E-state index contributed by atoms with van der Waals surface area (Å²) in [6.07, 6.45) is 4.50. The minimum absolute atomic E-state index is 0.241. The maximum absolute atomic E-state index is 13.1. The first-order valence-corrected chi connectivity index (χ1v) is 10.0. The number of piperidine rings is 1. The Balaban J connectivity index is 1.51. The van der Waals surface area contributed by atoms with Gasteiger partial charge < -0.3 is 19.5 Å². The van der Waals surface area contributed by atoms with Crippen molar-refractivity contribution in [2.24, 2.45) is 0 Å².